The molecule has 1 aromatic heterocycles. The number of fused-ring (bicyclic) bond motifs is 1. The highest BCUT2D eigenvalue weighted by Crippen LogP contribution is 2.33. The SMILES string of the molecule is O=S(=O)(NCC1CC1)c1ccc2[nH]c(O)c(C(=Nc3ccc(CN4CCCCC4)cc3)c3ccccc3)c2c1. The number of nitrogens with zero attached hydrogens (tertiary/aromatic N) is 2. The molecule has 0 amide bonds. The van der Waals surface area contributed by atoms with Crippen LogP contribution < -0.4 is 4.72 Å². The van der Waals surface area contributed by atoms with Crippen molar-refractivity contribution in [3.8, 4) is 5.88 Å². The molecule has 0 spiro atoms. The Hall–Kier alpha value is -3.46. The van der Waals surface area contributed by atoms with Crippen LogP contribution in [0.15, 0.2) is 82.7 Å². The fourth-order valence-corrected chi connectivity index (χ4v) is 6.38. The van der Waals surface area contributed by atoms with Gasteiger partial charge in [0.1, 0.15) is 0 Å². The predicted molar refractivity (Wildman–Crippen MR) is 155 cm³/mol. The van der Waals surface area contributed by atoms with Crippen molar-refractivity contribution in [2.45, 2.75) is 43.5 Å². The zero-order valence-electron chi connectivity index (χ0n) is 21.9. The van der Waals surface area contributed by atoms with Gasteiger partial charge in [-0.25, -0.2) is 18.1 Å². The summed E-state index contributed by atoms with van der Waals surface area (Å²) in [6.07, 6.45) is 5.96. The van der Waals surface area contributed by atoms with Crippen LogP contribution in [0.5, 0.6) is 5.88 Å². The molecule has 0 atom stereocenters. The zero-order chi connectivity index (χ0) is 26.8. The van der Waals surface area contributed by atoms with E-state index >= 15 is 0 Å². The number of aromatic nitrogens is 1. The van der Waals surface area contributed by atoms with Crippen LogP contribution in [0, 0.1) is 5.92 Å². The van der Waals surface area contributed by atoms with Crippen LogP contribution in [-0.2, 0) is 16.6 Å². The summed E-state index contributed by atoms with van der Waals surface area (Å²) in [6, 6.07) is 22.8. The third-order valence-corrected chi connectivity index (χ3v) is 9.06. The Morgan fingerprint density at radius 3 is 2.44 bits per heavy atom. The van der Waals surface area contributed by atoms with Gasteiger partial charge in [0.25, 0.3) is 0 Å². The molecule has 0 bridgehead atoms. The lowest BCUT2D eigenvalue weighted by molar-refractivity contribution is 0.221. The second-order valence-corrected chi connectivity index (χ2v) is 12.4. The Kier molecular flexibility index (Phi) is 7.25. The highest BCUT2D eigenvalue weighted by Gasteiger charge is 2.26. The number of benzene rings is 3. The maximum Gasteiger partial charge on any atom is 0.240 e. The molecular weight excluding hydrogens is 508 g/mol. The van der Waals surface area contributed by atoms with Crippen LogP contribution in [0.4, 0.5) is 5.69 Å². The first-order valence-electron chi connectivity index (χ1n) is 13.8. The smallest absolute Gasteiger partial charge is 0.240 e. The van der Waals surface area contributed by atoms with Gasteiger partial charge < -0.3 is 10.1 Å². The monoisotopic (exact) mass is 542 g/mol. The van der Waals surface area contributed by atoms with E-state index in [1.54, 1.807) is 18.2 Å². The van der Waals surface area contributed by atoms with Gasteiger partial charge in [0.2, 0.25) is 10.0 Å². The summed E-state index contributed by atoms with van der Waals surface area (Å²) in [5.74, 6) is 0.383. The van der Waals surface area contributed by atoms with E-state index in [4.69, 9.17) is 4.99 Å². The van der Waals surface area contributed by atoms with Crippen molar-refractivity contribution >= 4 is 32.3 Å². The minimum atomic E-state index is -3.67. The largest absolute Gasteiger partial charge is 0.494 e. The molecule has 6 rings (SSSR count). The average molecular weight is 543 g/mol. The first-order chi connectivity index (χ1) is 19.0. The molecule has 1 aliphatic carbocycles. The van der Waals surface area contributed by atoms with Crippen molar-refractivity contribution in [3.63, 3.8) is 0 Å². The standard InChI is InChI=1S/C31H34N4O3S/c36-31-29(27-19-26(15-16-28(27)34-31)39(37,38)32-20-22-9-10-22)30(24-7-3-1-4-8-24)33-25-13-11-23(12-14-25)21-35-17-5-2-6-18-35/h1,3-4,7-8,11-16,19,22,32,34,36H,2,5-6,9-10,17-18,20-21H2. The Balaban J connectivity index is 1.38. The Labute approximate surface area is 229 Å². The minimum absolute atomic E-state index is 0.0465. The number of aromatic amines is 1. The van der Waals surface area contributed by atoms with Gasteiger partial charge in [0.15, 0.2) is 5.88 Å². The molecule has 4 aromatic rings. The summed E-state index contributed by atoms with van der Waals surface area (Å²) < 4.78 is 28.8. The van der Waals surface area contributed by atoms with E-state index in [1.165, 1.54) is 24.8 Å². The van der Waals surface area contributed by atoms with Crippen LogP contribution in [-0.4, -0.2) is 48.8 Å². The van der Waals surface area contributed by atoms with Gasteiger partial charge in [-0.2, -0.15) is 0 Å². The summed E-state index contributed by atoms with van der Waals surface area (Å²) in [6.45, 7) is 3.68. The van der Waals surface area contributed by atoms with Crippen LogP contribution in [0.25, 0.3) is 10.9 Å². The van der Waals surface area contributed by atoms with Gasteiger partial charge in [-0.1, -0.05) is 48.9 Å². The molecule has 0 radical (unpaired) electrons. The normalized spacial score (nSPS) is 17.1. The number of H-pyrrole nitrogens is 1. The quantitative estimate of drug-likeness (QED) is 0.236. The number of sulfonamides is 1. The lowest BCUT2D eigenvalue weighted by Gasteiger charge is -2.26. The molecule has 39 heavy (non-hydrogen) atoms. The summed E-state index contributed by atoms with van der Waals surface area (Å²) in [5, 5.41) is 11.6. The molecule has 1 saturated carbocycles. The van der Waals surface area contributed by atoms with E-state index in [2.05, 4.69) is 26.7 Å². The summed E-state index contributed by atoms with van der Waals surface area (Å²) in [7, 11) is -3.67. The maximum atomic E-state index is 13.0. The number of piperidine rings is 1. The number of hydrogen-bond donors (Lipinski definition) is 3. The van der Waals surface area contributed by atoms with Gasteiger partial charge in [-0.05, 0) is 80.6 Å². The van der Waals surface area contributed by atoms with Crippen molar-refractivity contribution < 1.29 is 13.5 Å². The molecule has 7 nitrogen and oxygen atoms in total. The minimum Gasteiger partial charge on any atom is -0.494 e. The molecule has 3 N–H and O–H groups in total. The molecular formula is C31H34N4O3S. The lowest BCUT2D eigenvalue weighted by atomic mass is 10.0. The number of hydrogen-bond acceptors (Lipinski definition) is 5. The second-order valence-electron chi connectivity index (χ2n) is 10.7. The van der Waals surface area contributed by atoms with Crippen molar-refractivity contribution in [2.24, 2.45) is 10.9 Å². The average Bonchev–Trinajstić information content (AvgIpc) is 3.73. The van der Waals surface area contributed by atoms with E-state index < -0.39 is 10.0 Å². The molecule has 2 aliphatic rings. The fourth-order valence-electron chi connectivity index (χ4n) is 5.24. The molecule has 1 aliphatic heterocycles. The number of aromatic hydroxyl groups is 1. The molecule has 0 unspecified atom stereocenters. The first-order valence-corrected chi connectivity index (χ1v) is 15.2. The topological polar surface area (TPSA) is 97.8 Å². The molecule has 2 heterocycles. The van der Waals surface area contributed by atoms with Crippen molar-refractivity contribution in [1.29, 1.82) is 0 Å². The molecule has 2 fully saturated rings. The van der Waals surface area contributed by atoms with E-state index in [-0.39, 0.29) is 10.8 Å². The number of rotatable bonds is 9. The van der Waals surface area contributed by atoms with Crippen molar-refractivity contribution in [2.75, 3.05) is 19.6 Å². The highest BCUT2D eigenvalue weighted by molar-refractivity contribution is 7.89. The second kappa shape index (κ2) is 11.0. The molecule has 1 saturated heterocycles. The molecule has 202 valence electrons. The first kappa shape index (κ1) is 25.8. The lowest BCUT2D eigenvalue weighted by Crippen LogP contribution is -2.28. The third-order valence-electron chi connectivity index (χ3n) is 7.64. The Morgan fingerprint density at radius 2 is 1.72 bits per heavy atom. The number of aliphatic imine (C=N–C) groups is 1. The van der Waals surface area contributed by atoms with Crippen LogP contribution >= 0.6 is 0 Å². The summed E-state index contributed by atoms with van der Waals surface area (Å²) >= 11 is 0. The molecule has 8 heteroatoms. The molecule has 3 aromatic carbocycles. The summed E-state index contributed by atoms with van der Waals surface area (Å²) in [4.78, 5) is 10.7. The third kappa shape index (κ3) is 5.93. The maximum absolute atomic E-state index is 13.0. The van der Waals surface area contributed by atoms with E-state index in [0.717, 1.165) is 43.7 Å². The van der Waals surface area contributed by atoms with E-state index in [0.29, 0.717) is 34.6 Å². The fraction of sp³-hybridized carbons (Fsp3) is 0.323. The summed E-state index contributed by atoms with van der Waals surface area (Å²) in [5.41, 5.74) is 4.53. The zero-order valence-corrected chi connectivity index (χ0v) is 22.8. The predicted octanol–water partition coefficient (Wildman–Crippen LogP) is 5.72. The van der Waals surface area contributed by atoms with Crippen molar-refractivity contribution in [1.82, 2.24) is 14.6 Å². The van der Waals surface area contributed by atoms with E-state index in [9.17, 15) is 13.5 Å². The van der Waals surface area contributed by atoms with Gasteiger partial charge in [-0.15, -0.1) is 0 Å². The van der Waals surface area contributed by atoms with Gasteiger partial charge >= 0.3 is 0 Å². The van der Waals surface area contributed by atoms with Crippen LogP contribution in [0.3, 0.4) is 0 Å². The van der Waals surface area contributed by atoms with E-state index in [1.807, 2.05) is 42.5 Å². The van der Waals surface area contributed by atoms with Crippen LogP contribution in [0.1, 0.15) is 48.8 Å². The Bertz CT molecular complexity index is 1580. The van der Waals surface area contributed by atoms with Gasteiger partial charge in [0.05, 0.1) is 21.9 Å². The highest BCUT2D eigenvalue weighted by atomic mass is 32.2. The van der Waals surface area contributed by atoms with Gasteiger partial charge in [-0.3, -0.25) is 4.90 Å². The number of nitrogens with one attached hydrogen (secondary N) is 2. The van der Waals surface area contributed by atoms with Crippen molar-refractivity contribution in [3.05, 3.63) is 89.5 Å². The van der Waals surface area contributed by atoms with Crippen LogP contribution in [0.2, 0.25) is 0 Å². The Morgan fingerprint density at radius 1 is 0.974 bits per heavy atom. The number of likely N-dealkylation sites (tertiary alicyclic amines) is 1. The van der Waals surface area contributed by atoms with Gasteiger partial charge in [0, 0.05) is 29.6 Å².